The third-order valence-corrected chi connectivity index (χ3v) is 5.59. The van der Waals surface area contributed by atoms with Crippen molar-refractivity contribution in [3.8, 4) is 0 Å². The molecule has 2 aromatic rings. The number of amides is 3. The SMILES string of the molecule is Cc1cccc(CNC(=O)c2ccccc2NC(=O)C(=O)N[C@H]2CCCC[C@@H]2C)c1. The molecule has 3 N–H and O–H groups in total. The predicted octanol–water partition coefficient (Wildman–Crippen LogP) is 3.56. The van der Waals surface area contributed by atoms with E-state index in [9.17, 15) is 14.4 Å². The maximum Gasteiger partial charge on any atom is 0.313 e. The maximum atomic E-state index is 12.7. The largest absolute Gasteiger partial charge is 0.348 e. The molecule has 1 fully saturated rings. The molecular formula is C24H29N3O3. The Labute approximate surface area is 177 Å². The second-order valence-electron chi connectivity index (χ2n) is 8.01. The van der Waals surface area contributed by atoms with E-state index >= 15 is 0 Å². The molecule has 2 aromatic carbocycles. The van der Waals surface area contributed by atoms with Crippen LogP contribution in [0, 0.1) is 12.8 Å². The predicted molar refractivity (Wildman–Crippen MR) is 117 cm³/mol. The number of para-hydroxylation sites is 1. The zero-order valence-electron chi connectivity index (χ0n) is 17.5. The van der Waals surface area contributed by atoms with Gasteiger partial charge in [-0.1, -0.05) is 61.7 Å². The molecule has 30 heavy (non-hydrogen) atoms. The molecule has 1 aliphatic carbocycles. The molecule has 3 rings (SSSR count). The highest BCUT2D eigenvalue weighted by Crippen LogP contribution is 2.23. The van der Waals surface area contributed by atoms with E-state index in [1.54, 1.807) is 24.3 Å². The minimum atomic E-state index is -0.758. The number of anilines is 1. The Hall–Kier alpha value is -3.15. The summed E-state index contributed by atoms with van der Waals surface area (Å²) in [4.78, 5) is 37.5. The third kappa shape index (κ3) is 5.69. The third-order valence-electron chi connectivity index (χ3n) is 5.59. The first-order valence-electron chi connectivity index (χ1n) is 10.5. The standard InChI is InChI=1S/C24H29N3O3/c1-16-8-7-10-18(14-16)15-25-22(28)19-11-4-6-13-21(19)27-24(30)23(29)26-20-12-5-3-9-17(20)2/h4,6-8,10-11,13-14,17,20H,3,5,9,12,15H2,1-2H3,(H,25,28)(H,26,29)(H,27,30)/t17-,20-/m0/s1. The number of rotatable bonds is 5. The summed E-state index contributed by atoms with van der Waals surface area (Å²) >= 11 is 0. The van der Waals surface area contributed by atoms with Crippen LogP contribution in [0.2, 0.25) is 0 Å². The van der Waals surface area contributed by atoms with E-state index in [-0.39, 0.29) is 11.9 Å². The van der Waals surface area contributed by atoms with Crippen LogP contribution >= 0.6 is 0 Å². The van der Waals surface area contributed by atoms with E-state index in [4.69, 9.17) is 0 Å². The molecule has 0 unspecified atom stereocenters. The molecule has 0 aromatic heterocycles. The topological polar surface area (TPSA) is 87.3 Å². The van der Waals surface area contributed by atoms with Gasteiger partial charge in [-0.2, -0.15) is 0 Å². The average Bonchev–Trinajstić information content (AvgIpc) is 2.74. The summed E-state index contributed by atoms with van der Waals surface area (Å²) in [5, 5.41) is 8.29. The Bertz CT molecular complexity index is 925. The van der Waals surface area contributed by atoms with Crippen molar-refractivity contribution in [1.82, 2.24) is 10.6 Å². The van der Waals surface area contributed by atoms with Gasteiger partial charge in [0.2, 0.25) is 0 Å². The Morgan fingerprint density at radius 2 is 1.73 bits per heavy atom. The molecule has 6 nitrogen and oxygen atoms in total. The number of hydrogen-bond donors (Lipinski definition) is 3. The minimum absolute atomic E-state index is 0.0184. The zero-order chi connectivity index (χ0) is 21.5. The van der Waals surface area contributed by atoms with E-state index in [2.05, 4.69) is 22.9 Å². The second kappa shape index (κ2) is 10.1. The van der Waals surface area contributed by atoms with Crippen LogP contribution in [-0.4, -0.2) is 23.8 Å². The van der Waals surface area contributed by atoms with Crippen LogP contribution in [-0.2, 0) is 16.1 Å². The molecule has 0 bridgehead atoms. The van der Waals surface area contributed by atoms with E-state index in [1.807, 2.05) is 31.2 Å². The van der Waals surface area contributed by atoms with Crippen molar-refractivity contribution < 1.29 is 14.4 Å². The number of hydrogen-bond acceptors (Lipinski definition) is 3. The Morgan fingerprint density at radius 1 is 0.967 bits per heavy atom. The van der Waals surface area contributed by atoms with Gasteiger partial charge in [0.25, 0.3) is 5.91 Å². The molecule has 1 saturated carbocycles. The fourth-order valence-corrected chi connectivity index (χ4v) is 3.83. The molecule has 158 valence electrons. The van der Waals surface area contributed by atoms with Gasteiger partial charge in [-0.05, 0) is 43.4 Å². The summed E-state index contributed by atoms with van der Waals surface area (Å²) in [6, 6.07) is 14.6. The lowest BCUT2D eigenvalue weighted by Crippen LogP contribution is -2.46. The Balaban J connectivity index is 1.61. The van der Waals surface area contributed by atoms with E-state index in [0.29, 0.717) is 23.7 Å². The van der Waals surface area contributed by atoms with Gasteiger partial charge in [-0.15, -0.1) is 0 Å². The minimum Gasteiger partial charge on any atom is -0.348 e. The number of nitrogens with one attached hydrogen (secondary N) is 3. The highest BCUT2D eigenvalue weighted by Gasteiger charge is 2.26. The van der Waals surface area contributed by atoms with E-state index < -0.39 is 11.8 Å². The molecule has 0 heterocycles. The molecule has 0 radical (unpaired) electrons. The first kappa shape index (κ1) is 21.6. The normalized spacial score (nSPS) is 18.3. The quantitative estimate of drug-likeness (QED) is 0.663. The summed E-state index contributed by atoms with van der Waals surface area (Å²) in [5.41, 5.74) is 2.74. The molecule has 0 aliphatic heterocycles. The van der Waals surface area contributed by atoms with Crippen molar-refractivity contribution in [2.75, 3.05) is 5.32 Å². The van der Waals surface area contributed by atoms with Gasteiger partial charge in [0, 0.05) is 12.6 Å². The van der Waals surface area contributed by atoms with E-state index in [0.717, 1.165) is 36.8 Å². The molecule has 0 saturated heterocycles. The van der Waals surface area contributed by atoms with Crippen LogP contribution in [0.25, 0.3) is 0 Å². The van der Waals surface area contributed by atoms with E-state index in [1.165, 1.54) is 0 Å². The summed E-state index contributed by atoms with van der Waals surface area (Å²) in [6.07, 6.45) is 4.15. The van der Waals surface area contributed by atoms with Gasteiger partial charge in [-0.3, -0.25) is 14.4 Å². The van der Waals surface area contributed by atoms with Crippen LogP contribution in [0.15, 0.2) is 48.5 Å². The second-order valence-corrected chi connectivity index (χ2v) is 8.01. The molecule has 6 heteroatoms. The summed E-state index contributed by atoms with van der Waals surface area (Å²) in [7, 11) is 0. The molecule has 1 aliphatic rings. The summed E-state index contributed by atoms with van der Waals surface area (Å²) in [6.45, 7) is 4.47. The van der Waals surface area contributed by atoms with Gasteiger partial charge in [0.15, 0.2) is 0 Å². The number of carbonyl (C=O) groups excluding carboxylic acids is 3. The summed E-state index contributed by atoms with van der Waals surface area (Å²) in [5.74, 6) is -1.38. The lowest BCUT2D eigenvalue weighted by atomic mass is 9.86. The lowest BCUT2D eigenvalue weighted by molar-refractivity contribution is -0.137. The number of carbonyl (C=O) groups is 3. The summed E-state index contributed by atoms with van der Waals surface area (Å²) < 4.78 is 0. The van der Waals surface area contributed by atoms with Gasteiger partial charge < -0.3 is 16.0 Å². The van der Waals surface area contributed by atoms with Gasteiger partial charge in [0.1, 0.15) is 0 Å². The lowest BCUT2D eigenvalue weighted by Gasteiger charge is -2.29. The molecule has 3 amide bonds. The van der Waals surface area contributed by atoms with Crippen LogP contribution in [0.3, 0.4) is 0 Å². The van der Waals surface area contributed by atoms with Crippen molar-refractivity contribution in [1.29, 1.82) is 0 Å². The van der Waals surface area contributed by atoms with Crippen LogP contribution in [0.5, 0.6) is 0 Å². The number of aryl methyl sites for hydroxylation is 1. The van der Waals surface area contributed by atoms with Crippen molar-refractivity contribution in [3.63, 3.8) is 0 Å². The number of benzene rings is 2. The van der Waals surface area contributed by atoms with Gasteiger partial charge >= 0.3 is 11.8 Å². The first-order valence-corrected chi connectivity index (χ1v) is 10.5. The monoisotopic (exact) mass is 407 g/mol. The fraction of sp³-hybridized carbons (Fsp3) is 0.375. The Morgan fingerprint density at radius 3 is 2.50 bits per heavy atom. The maximum absolute atomic E-state index is 12.7. The van der Waals surface area contributed by atoms with Gasteiger partial charge in [-0.25, -0.2) is 0 Å². The van der Waals surface area contributed by atoms with Gasteiger partial charge in [0.05, 0.1) is 11.3 Å². The van der Waals surface area contributed by atoms with Crippen molar-refractivity contribution >= 4 is 23.4 Å². The fourth-order valence-electron chi connectivity index (χ4n) is 3.83. The highest BCUT2D eigenvalue weighted by molar-refractivity contribution is 6.40. The van der Waals surface area contributed by atoms with Crippen molar-refractivity contribution in [2.45, 2.75) is 52.1 Å². The van der Waals surface area contributed by atoms with Crippen LogP contribution < -0.4 is 16.0 Å². The van der Waals surface area contributed by atoms with Crippen molar-refractivity contribution in [2.24, 2.45) is 5.92 Å². The average molecular weight is 408 g/mol. The zero-order valence-corrected chi connectivity index (χ0v) is 17.5. The first-order chi connectivity index (χ1) is 14.4. The Kier molecular flexibility index (Phi) is 7.22. The molecular weight excluding hydrogens is 378 g/mol. The smallest absolute Gasteiger partial charge is 0.313 e. The van der Waals surface area contributed by atoms with Crippen LogP contribution in [0.4, 0.5) is 5.69 Å². The van der Waals surface area contributed by atoms with Crippen LogP contribution in [0.1, 0.15) is 54.1 Å². The molecule has 0 spiro atoms. The van der Waals surface area contributed by atoms with Crippen molar-refractivity contribution in [3.05, 3.63) is 65.2 Å². The molecule has 2 atom stereocenters. The highest BCUT2D eigenvalue weighted by atomic mass is 16.2.